The molecular formula is C26H33N3O4. The predicted octanol–water partition coefficient (Wildman–Crippen LogP) is 4.45. The third-order valence-electron chi connectivity index (χ3n) is 6.76. The van der Waals surface area contributed by atoms with Crippen molar-refractivity contribution in [2.45, 2.75) is 45.1 Å². The molecule has 4 rings (SSSR count). The van der Waals surface area contributed by atoms with Gasteiger partial charge in [-0.1, -0.05) is 30.5 Å². The zero-order chi connectivity index (χ0) is 23.4. The van der Waals surface area contributed by atoms with Crippen molar-refractivity contribution in [2.24, 2.45) is 5.92 Å². The number of methoxy groups -OCH3 is 2. The quantitative estimate of drug-likeness (QED) is 0.680. The van der Waals surface area contributed by atoms with Crippen LogP contribution in [0.25, 0.3) is 0 Å². The normalized spacial score (nSPS) is 17.9. The molecule has 1 saturated carbocycles. The van der Waals surface area contributed by atoms with E-state index in [1.54, 1.807) is 14.2 Å². The van der Waals surface area contributed by atoms with Gasteiger partial charge in [-0.15, -0.1) is 0 Å². The van der Waals surface area contributed by atoms with E-state index in [-0.39, 0.29) is 23.9 Å². The van der Waals surface area contributed by atoms with Gasteiger partial charge in [0.1, 0.15) is 0 Å². The Morgan fingerprint density at radius 3 is 2.36 bits per heavy atom. The minimum absolute atomic E-state index is 0.0771. The van der Waals surface area contributed by atoms with E-state index in [1.807, 2.05) is 48.2 Å². The molecule has 1 aliphatic heterocycles. The summed E-state index contributed by atoms with van der Waals surface area (Å²) in [7, 11) is 3.22. The van der Waals surface area contributed by atoms with Crippen LogP contribution in [0.15, 0.2) is 36.4 Å². The molecule has 1 aliphatic carbocycles. The van der Waals surface area contributed by atoms with E-state index in [2.05, 4.69) is 10.6 Å². The van der Waals surface area contributed by atoms with Gasteiger partial charge in [-0.05, 0) is 61.6 Å². The molecule has 3 amide bonds. The van der Waals surface area contributed by atoms with Gasteiger partial charge < -0.3 is 25.0 Å². The van der Waals surface area contributed by atoms with E-state index in [1.165, 1.54) is 0 Å². The lowest BCUT2D eigenvalue weighted by Crippen LogP contribution is -2.47. The summed E-state index contributed by atoms with van der Waals surface area (Å²) in [6.07, 6.45) is 4.79. The smallest absolute Gasteiger partial charge is 0.322 e. The molecule has 1 fully saturated rings. The van der Waals surface area contributed by atoms with Crippen molar-refractivity contribution < 1.29 is 19.1 Å². The van der Waals surface area contributed by atoms with Gasteiger partial charge in [0.25, 0.3) is 0 Å². The first-order valence-electron chi connectivity index (χ1n) is 11.7. The summed E-state index contributed by atoms with van der Waals surface area (Å²) in [5, 5.41) is 6.14. The second kappa shape index (κ2) is 10.1. The highest BCUT2D eigenvalue weighted by molar-refractivity contribution is 5.90. The summed E-state index contributed by atoms with van der Waals surface area (Å²) in [5.41, 5.74) is 3.96. The minimum Gasteiger partial charge on any atom is -0.493 e. The Kier molecular flexibility index (Phi) is 7.06. The number of urea groups is 1. The fraction of sp³-hybridized carbons (Fsp3) is 0.462. The first-order valence-corrected chi connectivity index (χ1v) is 11.7. The maximum absolute atomic E-state index is 13.3. The van der Waals surface area contributed by atoms with Crippen LogP contribution in [0.1, 0.15) is 48.4 Å². The highest BCUT2D eigenvalue weighted by Gasteiger charge is 2.33. The first kappa shape index (κ1) is 23.0. The topological polar surface area (TPSA) is 79.9 Å². The molecule has 7 heteroatoms. The minimum atomic E-state index is -0.302. The fourth-order valence-electron chi connectivity index (χ4n) is 4.85. The molecule has 1 unspecified atom stereocenters. The van der Waals surface area contributed by atoms with E-state index in [0.29, 0.717) is 31.0 Å². The molecule has 1 heterocycles. The Balaban J connectivity index is 1.59. The number of carbonyl (C=O) groups excluding carboxylic acids is 2. The summed E-state index contributed by atoms with van der Waals surface area (Å²) in [5.74, 6) is 1.44. The van der Waals surface area contributed by atoms with E-state index < -0.39 is 0 Å². The number of hydrogen-bond acceptors (Lipinski definition) is 4. The monoisotopic (exact) mass is 451 g/mol. The number of fused-ring (bicyclic) bond motifs is 1. The molecule has 0 bridgehead atoms. The maximum Gasteiger partial charge on any atom is 0.322 e. The number of rotatable bonds is 6. The molecule has 1 atom stereocenters. The van der Waals surface area contributed by atoms with Gasteiger partial charge in [0.05, 0.1) is 20.3 Å². The number of ether oxygens (including phenoxy) is 2. The summed E-state index contributed by atoms with van der Waals surface area (Å²) in [6.45, 7) is 2.92. The number of anilines is 1. The van der Waals surface area contributed by atoms with Crippen LogP contribution in [0.3, 0.4) is 0 Å². The fourth-order valence-corrected chi connectivity index (χ4v) is 4.85. The molecule has 2 aliphatic rings. The van der Waals surface area contributed by atoms with Crippen LogP contribution in [0.4, 0.5) is 10.5 Å². The van der Waals surface area contributed by atoms with Gasteiger partial charge in [-0.3, -0.25) is 4.79 Å². The molecule has 2 aromatic carbocycles. The average molecular weight is 452 g/mol. The second-order valence-corrected chi connectivity index (χ2v) is 8.89. The Bertz CT molecular complexity index is 999. The van der Waals surface area contributed by atoms with Crippen molar-refractivity contribution in [2.75, 3.05) is 32.6 Å². The number of aryl methyl sites for hydroxylation is 1. The van der Waals surface area contributed by atoms with Crippen LogP contribution in [-0.2, 0) is 11.2 Å². The number of benzene rings is 2. The van der Waals surface area contributed by atoms with Gasteiger partial charge in [-0.25, -0.2) is 4.79 Å². The third kappa shape index (κ3) is 5.07. The number of carbonyl (C=O) groups is 2. The van der Waals surface area contributed by atoms with Crippen molar-refractivity contribution >= 4 is 17.6 Å². The first-order chi connectivity index (χ1) is 16.0. The van der Waals surface area contributed by atoms with Crippen LogP contribution < -0.4 is 20.1 Å². The number of nitrogens with zero attached hydrogens (tertiary/aromatic N) is 1. The lowest BCUT2D eigenvalue weighted by molar-refractivity contribution is -0.125. The van der Waals surface area contributed by atoms with Crippen LogP contribution in [-0.4, -0.2) is 44.1 Å². The van der Waals surface area contributed by atoms with Gasteiger partial charge in [-0.2, -0.15) is 0 Å². The largest absolute Gasteiger partial charge is 0.493 e. The number of nitrogens with one attached hydrogen (secondary N) is 2. The lowest BCUT2D eigenvalue weighted by atomic mass is 9.91. The lowest BCUT2D eigenvalue weighted by Gasteiger charge is -2.38. The molecule has 2 N–H and O–H groups in total. The van der Waals surface area contributed by atoms with E-state index in [4.69, 9.17) is 9.47 Å². The summed E-state index contributed by atoms with van der Waals surface area (Å²) in [4.78, 5) is 27.9. The highest BCUT2D eigenvalue weighted by atomic mass is 16.5. The van der Waals surface area contributed by atoms with Crippen LogP contribution in [0, 0.1) is 12.8 Å². The average Bonchev–Trinajstić information content (AvgIpc) is 3.37. The van der Waals surface area contributed by atoms with Crippen molar-refractivity contribution in [3.05, 3.63) is 53.1 Å². The van der Waals surface area contributed by atoms with Crippen molar-refractivity contribution in [1.82, 2.24) is 10.2 Å². The summed E-state index contributed by atoms with van der Waals surface area (Å²) in [6, 6.07) is 11.2. The molecular weight excluding hydrogens is 418 g/mol. The molecule has 0 spiro atoms. The Labute approximate surface area is 195 Å². The molecule has 7 nitrogen and oxygen atoms in total. The van der Waals surface area contributed by atoms with Gasteiger partial charge in [0.15, 0.2) is 11.5 Å². The van der Waals surface area contributed by atoms with Crippen molar-refractivity contribution in [3.63, 3.8) is 0 Å². The van der Waals surface area contributed by atoms with Gasteiger partial charge in [0, 0.05) is 24.7 Å². The van der Waals surface area contributed by atoms with Crippen LogP contribution in [0.5, 0.6) is 11.5 Å². The van der Waals surface area contributed by atoms with Crippen LogP contribution >= 0.6 is 0 Å². The second-order valence-electron chi connectivity index (χ2n) is 8.89. The summed E-state index contributed by atoms with van der Waals surface area (Å²) >= 11 is 0. The Hall–Kier alpha value is -3.22. The number of amides is 3. The van der Waals surface area contributed by atoms with E-state index in [0.717, 1.165) is 48.1 Å². The summed E-state index contributed by atoms with van der Waals surface area (Å²) < 4.78 is 11.0. The Morgan fingerprint density at radius 1 is 1.03 bits per heavy atom. The molecule has 2 aromatic rings. The van der Waals surface area contributed by atoms with Gasteiger partial charge in [0.2, 0.25) is 5.91 Å². The molecule has 176 valence electrons. The van der Waals surface area contributed by atoms with Crippen LogP contribution in [0.2, 0.25) is 0 Å². The van der Waals surface area contributed by atoms with Crippen molar-refractivity contribution in [3.8, 4) is 11.5 Å². The van der Waals surface area contributed by atoms with Gasteiger partial charge >= 0.3 is 6.03 Å². The zero-order valence-corrected chi connectivity index (χ0v) is 19.6. The highest BCUT2D eigenvalue weighted by Crippen LogP contribution is 2.38. The Morgan fingerprint density at radius 2 is 1.70 bits per heavy atom. The predicted molar refractivity (Wildman–Crippen MR) is 128 cm³/mol. The van der Waals surface area contributed by atoms with Crippen molar-refractivity contribution in [1.29, 1.82) is 0 Å². The van der Waals surface area contributed by atoms with E-state index in [9.17, 15) is 9.59 Å². The standard InChI is InChI=1S/C26H33N3O4/c1-17-8-10-20(11-9-17)28-26(31)29-13-12-19-14-23(32-2)24(33-3)15-21(19)22(29)16-27-25(30)18-6-4-5-7-18/h8-11,14-15,18,22H,4-7,12-13,16H2,1-3H3,(H,27,30)(H,28,31). The number of hydrogen-bond donors (Lipinski definition) is 2. The molecule has 33 heavy (non-hydrogen) atoms. The van der Waals surface area contributed by atoms with E-state index >= 15 is 0 Å². The molecule has 0 aromatic heterocycles. The third-order valence-corrected chi connectivity index (χ3v) is 6.76. The SMILES string of the molecule is COc1cc2c(cc1OC)C(CNC(=O)C1CCCC1)N(C(=O)Nc1ccc(C)cc1)CC2. The maximum atomic E-state index is 13.3. The molecule has 0 radical (unpaired) electrons. The zero-order valence-electron chi connectivity index (χ0n) is 19.6. The molecule has 0 saturated heterocycles.